The summed E-state index contributed by atoms with van der Waals surface area (Å²) in [5.74, 6) is 1.26. The molecule has 0 amide bonds. The quantitative estimate of drug-likeness (QED) is 0.417. The molecule has 6 nitrogen and oxygen atoms in total. The Hall–Kier alpha value is -4.11. The van der Waals surface area contributed by atoms with Gasteiger partial charge in [-0.3, -0.25) is 0 Å². The predicted molar refractivity (Wildman–Crippen MR) is 105 cm³/mol. The van der Waals surface area contributed by atoms with Crippen LogP contribution in [-0.2, 0) is 4.74 Å². The van der Waals surface area contributed by atoms with E-state index in [1.165, 1.54) is 7.11 Å². The largest absolute Gasteiger partial charge is 0.465 e. The summed E-state index contributed by atoms with van der Waals surface area (Å²) in [5.41, 5.74) is 3.32. The van der Waals surface area contributed by atoms with E-state index in [0.717, 1.165) is 16.6 Å². The van der Waals surface area contributed by atoms with Gasteiger partial charge in [0.15, 0.2) is 0 Å². The lowest BCUT2D eigenvalue weighted by Crippen LogP contribution is -2.00. The Labute approximate surface area is 160 Å². The molecule has 0 radical (unpaired) electrons. The number of para-hydroxylation sites is 2. The smallest absolute Gasteiger partial charge is 0.337 e. The van der Waals surface area contributed by atoms with Crippen molar-refractivity contribution in [2.24, 2.45) is 0 Å². The van der Waals surface area contributed by atoms with Gasteiger partial charge < -0.3 is 14.1 Å². The first-order chi connectivity index (χ1) is 13.7. The molecule has 1 N–H and O–H groups in total. The maximum atomic E-state index is 11.5. The molecule has 0 aliphatic carbocycles. The van der Waals surface area contributed by atoms with Gasteiger partial charge in [-0.15, -0.1) is 0 Å². The fraction of sp³-hybridized carbons (Fsp3) is 0.0455. The average molecular weight is 369 g/mol. The first kappa shape index (κ1) is 17.3. The molecule has 0 saturated carbocycles. The zero-order valence-electron chi connectivity index (χ0n) is 15.0. The summed E-state index contributed by atoms with van der Waals surface area (Å²) in [6.45, 7) is 0. The van der Waals surface area contributed by atoms with Crippen molar-refractivity contribution < 1.29 is 13.9 Å². The molecule has 28 heavy (non-hydrogen) atoms. The lowest BCUT2D eigenvalue weighted by Gasteiger charge is -2.00. The van der Waals surface area contributed by atoms with E-state index in [0.29, 0.717) is 28.5 Å². The fourth-order valence-corrected chi connectivity index (χ4v) is 2.85. The Balaban J connectivity index is 1.62. The summed E-state index contributed by atoms with van der Waals surface area (Å²) in [6, 6.07) is 20.3. The van der Waals surface area contributed by atoms with E-state index in [1.807, 2.05) is 30.3 Å². The number of nitriles is 1. The number of nitrogens with one attached hydrogen (secondary N) is 1. The first-order valence-electron chi connectivity index (χ1n) is 8.53. The zero-order valence-corrected chi connectivity index (χ0v) is 15.0. The number of aromatic amines is 1. The van der Waals surface area contributed by atoms with Crippen LogP contribution in [0.2, 0.25) is 0 Å². The van der Waals surface area contributed by atoms with Crippen LogP contribution in [0.3, 0.4) is 0 Å². The van der Waals surface area contributed by atoms with Crippen LogP contribution in [0.1, 0.15) is 21.9 Å². The molecule has 6 heteroatoms. The molecular formula is C22H15N3O3. The van der Waals surface area contributed by atoms with Gasteiger partial charge in [-0.2, -0.15) is 5.26 Å². The SMILES string of the molecule is COC(=O)c1ccc(-c2ccc(C=C(C#N)c3nc4ccccc4[nH]3)o2)cc1. The van der Waals surface area contributed by atoms with Gasteiger partial charge in [0, 0.05) is 11.6 Å². The number of furan rings is 1. The molecule has 0 aliphatic rings. The molecule has 2 heterocycles. The van der Waals surface area contributed by atoms with Gasteiger partial charge in [0.25, 0.3) is 0 Å². The van der Waals surface area contributed by atoms with Crippen LogP contribution < -0.4 is 0 Å². The number of esters is 1. The van der Waals surface area contributed by atoms with Crippen molar-refractivity contribution in [2.45, 2.75) is 0 Å². The summed E-state index contributed by atoms with van der Waals surface area (Å²) in [4.78, 5) is 19.1. The van der Waals surface area contributed by atoms with Crippen molar-refractivity contribution in [3.8, 4) is 17.4 Å². The highest BCUT2D eigenvalue weighted by Crippen LogP contribution is 2.25. The van der Waals surface area contributed by atoms with E-state index in [1.54, 1.807) is 36.4 Å². The Bertz CT molecular complexity index is 1190. The lowest BCUT2D eigenvalue weighted by atomic mass is 10.1. The molecule has 0 aliphatic heterocycles. The van der Waals surface area contributed by atoms with Crippen LogP contribution in [0.5, 0.6) is 0 Å². The predicted octanol–water partition coefficient (Wildman–Crippen LogP) is 4.67. The highest BCUT2D eigenvalue weighted by atomic mass is 16.5. The van der Waals surface area contributed by atoms with Crippen molar-refractivity contribution in [1.82, 2.24) is 9.97 Å². The number of hydrogen-bond donors (Lipinski definition) is 1. The summed E-state index contributed by atoms with van der Waals surface area (Å²) >= 11 is 0. The van der Waals surface area contributed by atoms with Crippen LogP contribution in [0, 0.1) is 11.3 Å². The van der Waals surface area contributed by atoms with E-state index in [9.17, 15) is 10.1 Å². The second-order valence-electron chi connectivity index (χ2n) is 6.04. The Morgan fingerprint density at radius 3 is 2.64 bits per heavy atom. The van der Waals surface area contributed by atoms with Crippen molar-refractivity contribution in [1.29, 1.82) is 5.26 Å². The van der Waals surface area contributed by atoms with Crippen molar-refractivity contribution in [3.05, 3.63) is 77.8 Å². The number of methoxy groups -OCH3 is 1. The van der Waals surface area contributed by atoms with Crippen molar-refractivity contribution >= 4 is 28.7 Å². The molecule has 2 aromatic carbocycles. The topological polar surface area (TPSA) is 91.9 Å². The number of rotatable bonds is 4. The van der Waals surface area contributed by atoms with Crippen LogP contribution in [0.15, 0.2) is 65.1 Å². The molecule has 2 aromatic heterocycles. The molecule has 136 valence electrons. The lowest BCUT2D eigenvalue weighted by molar-refractivity contribution is 0.0600. The second kappa shape index (κ2) is 7.25. The molecular weight excluding hydrogens is 354 g/mol. The van der Waals surface area contributed by atoms with Gasteiger partial charge in [-0.05, 0) is 36.4 Å². The Kier molecular flexibility index (Phi) is 4.48. The maximum Gasteiger partial charge on any atom is 0.337 e. The zero-order chi connectivity index (χ0) is 19.5. The molecule has 0 atom stereocenters. The van der Waals surface area contributed by atoms with Gasteiger partial charge in [-0.1, -0.05) is 24.3 Å². The highest BCUT2D eigenvalue weighted by molar-refractivity contribution is 5.90. The van der Waals surface area contributed by atoms with E-state index >= 15 is 0 Å². The van der Waals surface area contributed by atoms with E-state index < -0.39 is 0 Å². The van der Waals surface area contributed by atoms with Crippen molar-refractivity contribution in [3.63, 3.8) is 0 Å². The summed E-state index contributed by atoms with van der Waals surface area (Å²) < 4.78 is 10.5. The number of imidazole rings is 1. The molecule has 0 fully saturated rings. The third-order valence-electron chi connectivity index (χ3n) is 4.27. The standard InChI is InChI=1S/C22H15N3O3/c1-27-22(26)15-8-6-14(7-9-15)20-11-10-17(28-20)12-16(13-23)21-24-18-4-2-3-5-19(18)25-21/h2-12H,1H3,(H,24,25). The molecule has 4 rings (SSSR count). The van der Waals surface area contributed by atoms with E-state index in [4.69, 9.17) is 9.15 Å². The summed E-state index contributed by atoms with van der Waals surface area (Å²) in [5, 5.41) is 9.53. The third-order valence-corrected chi connectivity index (χ3v) is 4.27. The number of allylic oxidation sites excluding steroid dienone is 1. The average Bonchev–Trinajstić information content (AvgIpc) is 3.38. The molecule has 0 unspecified atom stereocenters. The molecule has 4 aromatic rings. The number of H-pyrrole nitrogens is 1. The Morgan fingerprint density at radius 1 is 1.14 bits per heavy atom. The van der Waals surface area contributed by atoms with Gasteiger partial charge in [0.2, 0.25) is 0 Å². The number of ether oxygens (including phenoxy) is 1. The van der Waals surface area contributed by atoms with Gasteiger partial charge in [-0.25, -0.2) is 9.78 Å². The minimum atomic E-state index is -0.390. The molecule has 0 spiro atoms. The molecule has 0 saturated heterocycles. The molecule has 0 bridgehead atoms. The maximum absolute atomic E-state index is 11.5. The van der Waals surface area contributed by atoms with Crippen LogP contribution in [-0.4, -0.2) is 23.0 Å². The van der Waals surface area contributed by atoms with E-state index in [-0.39, 0.29) is 5.97 Å². The number of carbonyl (C=O) groups excluding carboxylic acids is 1. The van der Waals surface area contributed by atoms with E-state index in [2.05, 4.69) is 16.0 Å². The van der Waals surface area contributed by atoms with Gasteiger partial charge in [0.1, 0.15) is 23.4 Å². The number of nitrogens with zero attached hydrogens (tertiary/aromatic N) is 2. The summed E-state index contributed by atoms with van der Waals surface area (Å²) in [6.07, 6.45) is 1.64. The van der Waals surface area contributed by atoms with Gasteiger partial charge in [0.05, 0.1) is 29.3 Å². The summed E-state index contributed by atoms with van der Waals surface area (Å²) in [7, 11) is 1.34. The van der Waals surface area contributed by atoms with Crippen LogP contribution >= 0.6 is 0 Å². The third kappa shape index (κ3) is 3.29. The fourth-order valence-electron chi connectivity index (χ4n) is 2.85. The number of aromatic nitrogens is 2. The number of benzene rings is 2. The number of fused-ring (bicyclic) bond motifs is 1. The van der Waals surface area contributed by atoms with Crippen molar-refractivity contribution in [2.75, 3.05) is 7.11 Å². The monoisotopic (exact) mass is 369 g/mol. The normalized spacial score (nSPS) is 11.4. The first-order valence-corrected chi connectivity index (χ1v) is 8.53. The minimum Gasteiger partial charge on any atom is -0.465 e. The Morgan fingerprint density at radius 2 is 1.93 bits per heavy atom. The second-order valence-corrected chi connectivity index (χ2v) is 6.04. The number of carbonyl (C=O) groups is 1. The van der Waals surface area contributed by atoms with Crippen LogP contribution in [0.25, 0.3) is 34.0 Å². The minimum absolute atomic E-state index is 0.373. The highest BCUT2D eigenvalue weighted by Gasteiger charge is 2.11. The number of hydrogen-bond acceptors (Lipinski definition) is 5. The van der Waals surface area contributed by atoms with Crippen LogP contribution in [0.4, 0.5) is 0 Å². The van der Waals surface area contributed by atoms with Gasteiger partial charge >= 0.3 is 5.97 Å².